The first-order valence-corrected chi connectivity index (χ1v) is 33.1. The third-order valence-corrected chi connectivity index (χ3v) is 14.7. The van der Waals surface area contributed by atoms with Crippen molar-refractivity contribution < 1.29 is 24.2 Å². The summed E-state index contributed by atoms with van der Waals surface area (Å²) < 4.78 is 10.7. The van der Waals surface area contributed by atoms with Gasteiger partial charge in [0.15, 0.2) is 6.10 Å². The number of aliphatic hydroxyl groups is 1. The molecule has 0 aliphatic carbocycles. The van der Waals surface area contributed by atoms with E-state index in [1.165, 1.54) is 231 Å². The molecule has 0 amide bonds. The Labute approximate surface area is 473 Å². The normalized spacial score (nSPS) is 12.7. The van der Waals surface area contributed by atoms with E-state index in [0.29, 0.717) is 12.8 Å². The number of esters is 2. The fraction of sp³-hybridized carbons (Fsp3) is 0.775. The van der Waals surface area contributed by atoms with Crippen molar-refractivity contribution in [3.63, 3.8) is 0 Å². The van der Waals surface area contributed by atoms with Gasteiger partial charge in [0.25, 0.3) is 0 Å². The van der Waals surface area contributed by atoms with E-state index in [-0.39, 0.29) is 25.2 Å². The van der Waals surface area contributed by atoms with Gasteiger partial charge < -0.3 is 14.6 Å². The van der Waals surface area contributed by atoms with Crippen molar-refractivity contribution in [3.8, 4) is 0 Å². The standard InChI is InChI=1S/C71H126O5/c1-3-5-7-9-11-13-15-17-19-21-23-25-26-27-28-29-30-31-32-33-34-35-36-37-38-39-40-41-42-43-44-46-48-50-52-54-56-58-60-62-64-66-71(74)76-69(67-72)68-75-70(73)65-63-61-59-57-55-53-51-49-47-45-24-22-20-18-16-14-12-10-8-6-4-2/h5,7,11,13,17,19,22-25,27-28,30-31,69,72H,3-4,6,8-10,12,14-16,18,20-21,26,29,32-68H2,1-2H3/b7-5-,13-11-,19-17-,24-22-,25-23-,28-27-,31-30-. The van der Waals surface area contributed by atoms with Crippen LogP contribution in [0.3, 0.4) is 0 Å². The second-order valence-electron chi connectivity index (χ2n) is 22.2. The summed E-state index contributed by atoms with van der Waals surface area (Å²) in [7, 11) is 0. The van der Waals surface area contributed by atoms with E-state index in [1.54, 1.807) is 0 Å². The van der Waals surface area contributed by atoms with Crippen LogP contribution in [0.1, 0.15) is 335 Å². The fourth-order valence-corrected chi connectivity index (χ4v) is 9.73. The minimum Gasteiger partial charge on any atom is -0.462 e. The van der Waals surface area contributed by atoms with E-state index in [9.17, 15) is 14.7 Å². The summed E-state index contributed by atoms with van der Waals surface area (Å²) in [5.74, 6) is -0.578. The Morgan fingerprint density at radius 3 is 0.868 bits per heavy atom. The summed E-state index contributed by atoms with van der Waals surface area (Å²) in [6, 6.07) is 0. The average molecular weight is 1060 g/mol. The van der Waals surface area contributed by atoms with Gasteiger partial charge in [0.2, 0.25) is 0 Å². The Kier molecular flexibility index (Phi) is 63.8. The van der Waals surface area contributed by atoms with Gasteiger partial charge in [0, 0.05) is 12.8 Å². The number of hydrogen-bond donors (Lipinski definition) is 1. The zero-order chi connectivity index (χ0) is 54.8. The first kappa shape index (κ1) is 73.1. The van der Waals surface area contributed by atoms with Crippen molar-refractivity contribution in [1.29, 1.82) is 0 Å². The zero-order valence-electron chi connectivity index (χ0n) is 50.5. The molecule has 0 aliphatic rings. The number of carbonyl (C=O) groups is 2. The molecule has 0 aromatic rings. The number of allylic oxidation sites excluding steroid dienone is 14. The SMILES string of the molecule is CC/C=C\C/C=C\C/C=C\C/C=C\C/C=C\C/C=C\CCCCCCCCCCCCCCCCCCCCCCCCC(=O)OC(CO)COC(=O)CCCCCCCCCCC/C=C\CCCCCCCCCC. The van der Waals surface area contributed by atoms with Gasteiger partial charge >= 0.3 is 11.9 Å². The maximum Gasteiger partial charge on any atom is 0.306 e. The van der Waals surface area contributed by atoms with Crippen LogP contribution >= 0.6 is 0 Å². The number of rotatable bonds is 61. The van der Waals surface area contributed by atoms with Crippen molar-refractivity contribution in [1.82, 2.24) is 0 Å². The maximum absolute atomic E-state index is 12.3. The Hall–Kier alpha value is -2.92. The van der Waals surface area contributed by atoms with Crippen molar-refractivity contribution in [3.05, 3.63) is 85.1 Å². The quantitative estimate of drug-likeness (QED) is 0.0373. The number of ether oxygens (including phenoxy) is 2. The molecule has 1 atom stereocenters. The third kappa shape index (κ3) is 63.6. The highest BCUT2D eigenvalue weighted by molar-refractivity contribution is 5.70. The number of aliphatic hydroxyl groups excluding tert-OH is 1. The maximum atomic E-state index is 12.3. The van der Waals surface area contributed by atoms with Crippen LogP contribution in [-0.4, -0.2) is 36.4 Å². The Bertz CT molecular complexity index is 1380. The van der Waals surface area contributed by atoms with Crippen LogP contribution in [0.25, 0.3) is 0 Å². The summed E-state index contributed by atoms with van der Waals surface area (Å²) in [5, 5.41) is 9.68. The molecule has 0 aromatic heterocycles. The van der Waals surface area contributed by atoms with Crippen molar-refractivity contribution >= 4 is 11.9 Å². The van der Waals surface area contributed by atoms with Gasteiger partial charge in [-0.1, -0.05) is 317 Å². The third-order valence-electron chi connectivity index (χ3n) is 14.7. The lowest BCUT2D eigenvalue weighted by Gasteiger charge is -2.15. The van der Waals surface area contributed by atoms with Crippen LogP contribution in [0.4, 0.5) is 0 Å². The lowest BCUT2D eigenvalue weighted by atomic mass is 10.0. The number of hydrogen-bond acceptors (Lipinski definition) is 5. The predicted molar refractivity (Wildman–Crippen MR) is 334 cm³/mol. The summed E-state index contributed by atoms with van der Waals surface area (Å²) in [5.41, 5.74) is 0. The highest BCUT2D eigenvalue weighted by atomic mass is 16.6. The molecule has 0 radical (unpaired) electrons. The van der Waals surface area contributed by atoms with Crippen LogP contribution in [0, 0.1) is 0 Å². The summed E-state index contributed by atoms with van der Waals surface area (Å²) in [6.45, 7) is 4.06. The van der Waals surface area contributed by atoms with Crippen LogP contribution in [0.2, 0.25) is 0 Å². The molecule has 0 heterocycles. The Morgan fingerprint density at radius 2 is 0.566 bits per heavy atom. The summed E-state index contributed by atoms with van der Waals surface area (Å²) in [6.07, 6.45) is 93.2. The lowest BCUT2D eigenvalue weighted by Crippen LogP contribution is -2.28. The van der Waals surface area contributed by atoms with E-state index >= 15 is 0 Å². The molecule has 0 rings (SSSR count). The first-order chi connectivity index (χ1) is 37.6. The molecule has 76 heavy (non-hydrogen) atoms. The topological polar surface area (TPSA) is 72.8 Å². The number of unbranched alkanes of at least 4 members (excludes halogenated alkanes) is 39. The molecule has 0 bridgehead atoms. The minimum absolute atomic E-state index is 0.0643. The molecule has 0 fully saturated rings. The monoisotopic (exact) mass is 1060 g/mol. The van der Waals surface area contributed by atoms with E-state index in [2.05, 4.69) is 98.9 Å². The molecule has 0 spiro atoms. The molecule has 0 aliphatic heterocycles. The zero-order valence-corrected chi connectivity index (χ0v) is 50.5. The van der Waals surface area contributed by atoms with E-state index < -0.39 is 6.10 Å². The summed E-state index contributed by atoms with van der Waals surface area (Å²) in [4.78, 5) is 24.6. The molecule has 1 N–H and O–H groups in total. The Morgan fingerprint density at radius 1 is 0.316 bits per heavy atom. The van der Waals surface area contributed by atoms with Crippen LogP contribution < -0.4 is 0 Å². The molecule has 1 unspecified atom stereocenters. The highest BCUT2D eigenvalue weighted by Gasteiger charge is 2.16. The van der Waals surface area contributed by atoms with Crippen LogP contribution in [-0.2, 0) is 19.1 Å². The van der Waals surface area contributed by atoms with Gasteiger partial charge in [0.05, 0.1) is 6.61 Å². The molecule has 5 nitrogen and oxygen atoms in total. The first-order valence-electron chi connectivity index (χ1n) is 33.1. The van der Waals surface area contributed by atoms with Crippen molar-refractivity contribution in [2.45, 2.75) is 341 Å². The Balaban J connectivity index is 3.42. The van der Waals surface area contributed by atoms with Gasteiger partial charge in [-0.3, -0.25) is 9.59 Å². The van der Waals surface area contributed by atoms with Gasteiger partial charge in [-0.2, -0.15) is 0 Å². The van der Waals surface area contributed by atoms with Crippen molar-refractivity contribution in [2.24, 2.45) is 0 Å². The van der Waals surface area contributed by atoms with Gasteiger partial charge in [0.1, 0.15) is 6.61 Å². The highest BCUT2D eigenvalue weighted by Crippen LogP contribution is 2.18. The van der Waals surface area contributed by atoms with E-state index in [4.69, 9.17) is 9.47 Å². The lowest BCUT2D eigenvalue weighted by molar-refractivity contribution is -0.161. The second-order valence-corrected chi connectivity index (χ2v) is 22.2. The van der Waals surface area contributed by atoms with Gasteiger partial charge in [-0.25, -0.2) is 0 Å². The smallest absolute Gasteiger partial charge is 0.306 e. The minimum atomic E-state index is -0.774. The molecular weight excluding hydrogens is 933 g/mol. The molecule has 0 saturated carbocycles. The van der Waals surface area contributed by atoms with Crippen molar-refractivity contribution in [2.75, 3.05) is 13.2 Å². The second kappa shape index (κ2) is 66.4. The molecule has 0 aromatic carbocycles. The summed E-state index contributed by atoms with van der Waals surface area (Å²) >= 11 is 0. The fourth-order valence-electron chi connectivity index (χ4n) is 9.73. The molecule has 440 valence electrons. The molecule has 5 heteroatoms. The van der Waals surface area contributed by atoms with E-state index in [1.807, 2.05) is 0 Å². The van der Waals surface area contributed by atoms with E-state index in [0.717, 1.165) is 77.0 Å². The van der Waals surface area contributed by atoms with Crippen LogP contribution in [0.5, 0.6) is 0 Å². The predicted octanol–water partition coefficient (Wildman–Crippen LogP) is 22.9. The average Bonchev–Trinajstić information content (AvgIpc) is 3.42. The number of carbonyl (C=O) groups excluding carboxylic acids is 2. The van der Waals surface area contributed by atoms with Crippen LogP contribution in [0.15, 0.2) is 85.1 Å². The molecule has 0 saturated heterocycles. The van der Waals surface area contributed by atoms with Gasteiger partial charge in [-0.15, -0.1) is 0 Å². The molecular formula is C71H126O5. The largest absolute Gasteiger partial charge is 0.462 e. The van der Waals surface area contributed by atoms with Gasteiger partial charge in [-0.05, 0) is 89.9 Å².